The van der Waals surface area contributed by atoms with Crippen molar-refractivity contribution in [1.29, 1.82) is 0 Å². The second kappa shape index (κ2) is 9.51. The lowest BCUT2D eigenvalue weighted by atomic mass is 9.98. The van der Waals surface area contributed by atoms with Gasteiger partial charge in [-0.15, -0.1) is 0 Å². The van der Waals surface area contributed by atoms with Crippen molar-refractivity contribution in [1.82, 2.24) is 15.1 Å². The molecule has 0 spiro atoms. The maximum atomic E-state index is 14.5. The molecule has 6 nitrogen and oxygen atoms in total. The molecule has 7 heteroatoms. The number of halogens is 1. The van der Waals surface area contributed by atoms with Gasteiger partial charge in [0, 0.05) is 43.8 Å². The molecule has 2 heterocycles. The lowest BCUT2D eigenvalue weighted by Gasteiger charge is -2.45. The Labute approximate surface area is 173 Å². The first kappa shape index (κ1) is 22.2. The van der Waals surface area contributed by atoms with Crippen molar-refractivity contribution in [3.8, 4) is 0 Å². The highest BCUT2D eigenvalue weighted by Gasteiger charge is 2.36. The highest BCUT2D eigenvalue weighted by molar-refractivity contribution is 5.83. The van der Waals surface area contributed by atoms with Crippen LogP contribution in [0, 0.1) is 5.82 Å². The van der Waals surface area contributed by atoms with E-state index in [-0.39, 0.29) is 29.5 Å². The third-order valence-electron chi connectivity index (χ3n) is 5.83. The average Bonchev–Trinajstić information content (AvgIpc) is 2.68. The minimum absolute atomic E-state index is 0.160. The van der Waals surface area contributed by atoms with Crippen LogP contribution in [0.3, 0.4) is 0 Å². The zero-order chi connectivity index (χ0) is 21.0. The molecule has 2 aliphatic heterocycles. The number of ether oxygens (including phenoxy) is 2. The monoisotopic (exact) mass is 407 g/mol. The Morgan fingerprint density at radius 2 is 1.83 bits per heavy atom. The van der Waals surface area contributed by atoms with E-state index < -0.39 is 6.04 Å². The fraction of sp³-hybridized carbons (Fsp3) is 0.682. The van der Waals surface area contributed by atoms with E-state index in [2.05, 4.69) is 37.9 Å². The van der Waals surface area contributed by atoms with Gasteiger partial charge in [0.15, 0.2) is 0 Å². The summed E-state index contributed by atoms with van der Waals surface area (Å²) >= 11 is 0. The van der Waals surface area contributed by atoms with E-state index >= 15 is 0 Å². The fourth-order valence-electron chi connectivity index (χ4n) is 4.22. The number of carbonyl (C=O) groups is 1. The quantitative estimate of drug-likeness (QED) is 0.784. The van der Waals surface area contributed by atoms with E-state index in [0.29, 0.717) is 38.4 Å². The van der Waals surface area contributed by atoms with Crippen LogP contribution in [0.25, 0.3) is 0 Å². The minimum Gasteiger partial charge on any atom is -0.379 e. The van der Waals surface area contributed by atoms with Crippen LogP contribution in [0.15, 0.2) is 24.3 Å². The van der Waals surface area contributed by atoms with E-state index in [1.807, 2.05) is 4.90 Å². The number of hydrogen-bond acceptors (Lipinski definition) is 5. The topological polar surface area (TPSA) is 54.0 Å². The van der Waals surface area contributed by atoms with Crippen LogP contribution in [-0.2, 0) is 14.3 Å². The van der Waals surface area contributed by atoms with E-state index in [1.54, 1.807) is 18.2 Å². The number of amides is 1. The highest BCUT2D eigenvalue weighted by Crippen LogP contribution is 2.26. The summed E-state index contributed by atoms with van der Waals surface area (Å²) in [6.07, 6.45) is 0.321. The first-order chi connectivity index (χ1) is 13.8. The summed E-state index contributed by atoms with van der Waals surface area (Å²) in [6, 6.07) is 5.89. The largest absolute Gasteiger partial charge is 0.379 e. The van der Waals surface area contributed by atoms with E-state index in [0.717, 1.165) is 13.1 Å². The minimum atomic E-state index is -0.654. The van der Waals surface area contributed by atoms with Crippen molar-refractivity contribution in [3.05, 3.63) is 35.6 Å². The van der Waals surface area contributed by atoms with Crippen LogP contribution in [0.5, 0.6) is 0 Å². The molecule has 1 N–H and O–H groups in total. The van der Waals surface area contributed by atoms with Crippen molar-refractivity contribution < 1.29 is 18.7 Å². The third-order valence-corrected chi connectivity index (χ3v) is 5.83. The predicted molar refractivity (Wildman–Crippen MR) is 110 cm³/mol. The maximum Gasteiger partial charge on any atom is 0.242 e. The molecular formula is C22H34FN3O3. The van der Waals surface area contributed by atoms with Crippen molar-refractivity contribution in [2.75, 3.05) is 45.9 Å². The number of carbonyl (C=O) groups excluding carboxylic acids is 1. The van der Waals surface area contributed by atoms with Crippen LogP contribution < -0.4 is 5.32 Å². The first-order valence-corrected chi connectivity index (χ1v) is 10.5. The van der Waals surface area contributed by atoms with E-state index in [1.165, 1.54) is 6.07 Å². The van der Waals surface area contributed by atoms with Gasteiger partial charge in [0.25, 0.3) is 0 Å². The van der Waals surface area contributed by atoms with Crippen LogP contribution in [0.2, 0.25) is 0 Å². The molecule has 0 unspecified atom stereocenters. The summed E-state index contributed by atoms with van der Waals surface area (Å²) in [5.74, 6) is -0.520. The summed E-state index contributed by atoms with van der Waals surface area (Å²) in [5, 5.41) is 3.10. The van der Waals surface area contributed by atoms with Gasteiger partial charge in [-0.2, -0.15) is 0 Å². The van der Waals surface area contributed by atoms with Gasteiger partial charge in [-0.3, -0.25) is 14.6 Å². The summed E-state index contributed by atoms with van der Waals surface area (Å²) in [7, 11) is 0. The van der Waals surface area contributed by atoms with Crippen molar-refractivity contribution in [2.24, 2.45) is 0 Å². The van der Waals surface area contributed by atoms with Crippen LogP contribution in [-0.4, -0.2) is 79.4 Å². The first-order valence-electron chi connectivity index (χ1n) is 10.5. The Hall–Kier alpha value is -1.54. The van der Waals surface area contributed by atoms with Crippen molar-refractivity contribution in [2.45, 2.75) is 51.5 Å². The molecular weight excluding hydrogens is 373 g/mol. The molecule has 29 heavy (non-hydrogen) atoms. The van der Waals surface area contributed by atoms with Gasteiger partial charge in [-0.05, 0) is 33.8 Å². The summed E-state index contributed by atoms with van der Waals surface area (Å²) < 4.78 is 25.8. The van der Waals surface area contributed by atoms with Crippen LogP contribution in [0.4, 0.5) is 4.39 Å². The van der Waals surface area contributed by atoms with Gasteiger partial charge in [0.2, 0.25) is 5.91 Å². The predicted octanol–water partition coefficient (Wildman–Crippen LogP) is 2.20. The second-order valence-corrected chi connectivity index (χ2v) is 8.76. The zero-order valence-electron chi connectivity index (χ0n) is 18.0. The molecule has 1 amide bonds. The molecule has 162 valence electrons. The summed E-state index contributed by atoms with van der Waals surface area (Å²) in [5.41, 5.74) is 0.186. The Bertz CT molecular complexity index is 684. The summed E-state index contributed by atoms with van der Waals surface area (Å²) in [4.78, 5) is 17.6. The van der Waals surface area contributed by atoms with Gasteiger partial charge in [0.05, 0.1) is 25.4 Å². The van der Waals surface area contributed by atoms with E-state index in [4.69, 9.17) is 9.47 Å². The molecule has 1 aromatic rings. The number of rotatable bonds is 6. The van der Waals surface area contributed by atoms with Gasteiger partial charge >= 0.3 is 0 Å². The number of hydrogen-bond donors (Lipinski definition) is 1. The molecule has 0 aliphatic carbocycles. The third kappa shape index (κ3) is 5.54. The Kier molecular flexibility index (Phi) is 7.27. The molecule has 0 aromatic heterocycles. The summed E-state index contributed by atoms with van der Waals surface area (Å²) in [6.45, 7) is 12.9. The lowest BCUT2D eigenvalue weighted by molar-refractivity contribution is -0.130. The highest BCUT2D eigenvalue weighted by atomic mass is 19.1. The van der Waals surface area contributed by atoms with Crippen molar-refractivity contribution >= 4 is 5.91 Å². The van der Waals surface area contributed by atoms with Gasteiger partial charge in [-0.1, -0.05) is 18.2 Å². The number of benzene rings is 1. The Balaban J connectivity index is 1.72. The molecule has 0 bridgehead atoms. The molecule has 3 atom stereocenters. The molecule has 2 aliphatic rings. The standard InChI is InChI=1S/C22H34FN3O3/c1-16-13-26(14-17(2)29-16)22(3,4)15-24-21(27)20(25-9-11-28-12-10-25)18-7-5-6-8-19(18)23/h5-8,16-17,20H,9-15H2,1-4H3,(H,24,27)/t16-,17+,20-/m1/s1. The molecule has 2 fully saturated rings. The molecule has 0 radical (unpaired) electrons. The van der Waals surface area contributed by atoms with E-state index in [9.17, 15) is 9.18 Å². The zero-order valence-corrected chi connectivity index (χ0v) is 18.0. The lowest BCUT2D eigenvalue weighted by Crippen LogP contribution is -2.59. The van der Waals surface area contributed by atoms with Gasteiger partial charge in [0.1, 0.15) is 11.9 Å². The van der Waals surface area contributed by atoms with Crippen molar-refractivity contribution in [3.63, 3.8) is 0 Å². The SMILES string of the molecule is C[C@@H]1CN(C(C)(C)CNC(=O)[C@@H](c2ccccc2F)N2CCOCC2)C[C@H](C)O1. The molecule has 3 rings (SSSR count). The smallest absolute Gasteiger partial charge is 0.242 e. The number of nitrogens with one attached hydrogen (secondary N) is 1. The second-order valence-electron chi connectivity index (χ2n) is 8.76. The number of nitrogens with zero attached hydrogens (tertiary/aromatic N) is 2. The fourth-order valence-corrected chi connectivity index (χ4v) is 4.22. The Morgan fingerprint density at radius 1 is 1.21 bits per heavy atom. The van der Waals surface area contributed by atoms with Gasteiger partial charge in [-0.25, -0.2) is 4.39 Å². The maximum absolute atomic E-state index is 14.5. The van der Waals surface area contributed by atoms with Gasteiger partial charge < -0.3 is 14.8 Å². The molecule has 0 saturated carbocycles. The number of morpholine rings is 2. The normalized spacial score (nSPS) is 25.6. The van der Waals surface area contributed by atoms with Crippen LogP contribution >= 0.6 is 0 Å². The average molecular weight is 408 g/mol. The van der Waals surface area contributed by atoms with Crippen LogP contribution in [0.1, 0.15) is 39.3 Å². The molecule has 2 saturated heterocycles. The molecule has 1 aromatic carbocycles. The Morgan fingerprint density at radius 3 is 2.45 bits per heavy atom.